The van der Waals surface area contributed by atoms with Crippen LogP contribution in [0.25, 0.3) is 0 Å². The summed E-state index contributed by atoms with van der Waals surface area (Å²) in [4.78, 5) is 5.85. The van der Waals surface area contributed by atoms with Crippen molar-refractivity contribution < 1.29 is 4.42 Å². The van der Waals surface area contributed by atoms with Gasteiger partial charge in [0.15, 0.2) is 5.96 Å². The van der Waals surface area contributed by atoms with Crippen molar-refractivity contribution in [2.45, 2.75) is 24.9 Å². The maximum absolute atomic E-state index is 5.30. The van der Waals surface area contributed by atoms with Crippen LogP contribution in [0.4, 0.5) is 0 Å². The standard InChI is InChI=1S/C16H21N3OS/c1-3-17-16(19-12-14-5-4-10-20-14)18-11-13-6-8-15(21-2)9-7-13/h4-10H,3,11-12H2,1-2H3,(H2,17,18,19). The maximum atomic E-state index is 5.30. The van der Waals surface area contributed by atoms with Gasteiger partial charge in [0.2, 0.25) is 0 Å². The zero-order chi connectivity index (χ0) is 14.9. The van der Waals surface area contributed by atoms with Gasteiger partial charge in [-0.1, -0.05) is 12.1 Å². The summed E-state index contributed by atoms with van der Waals surface area (Å²) in [5.41, 5.74) is 1.20. The van der Waals surface area contributed by atoms with E-state index in [9.17, 15) is 0 Å². The Hall–Kier alpha value is -1.88. The van der Waals surface area contributed by atoms with Crippen molar-refractivity contribution in [1.29, 1.82) is 0 Å². The van der Waals surface area contributed by atoms with Gasteiger partial charge in [0.1, 0.15) is 5.76 Å². The highest BCUT2D eigenvalue weighted by Crippen LogP contribution is 2.15. The number of hydrogen-bond donors (Lipinski definition) is 2. The van der Waals surface area contributed by atoms with E-state index in [2.05, 4.69) is 53.1 Å². The first kappa shape index (κ1) is 15.5. The van der Waals surface area contributed by atoms with E-state index in [4.69, 9.17) is 4.42 Å². The lowest BCUT2D eigenvalue weighted by Crippen LogP contribution is -2.36. The summed E-state index contributed by atoms with van der Waals surface area (Å²) in [6.45, 7) is 4.17. The zero-order valence-corrected chi connectivity index (χ0v) is 13.2. The Balaban J connectivity index is 1.92. The summed E-state index contributed by atoms with van der Waals surface area (Å²) in [5.74, 6) is 1.69. The van der Waals surface area contributed by atoms with Gasteiger partial charge in [-0.3, -0.25) is 0 Å². The molecular weight excluding hydrogens is 282 g/mol. The lowest BCUT2D eigenvalue weighted by atomic mass is 10.2. The average Bonchev–Trinajstić information content (AvgIpc) is 3.04. The molecule has 2 N–H and O–H groups in total. The Kier molecular flexibility index (Phi) is 6.22. The van der Waals surface area contributed by atoms with Gasteiger partial charge < -0.3 is 15.1 Å². The third kappa shape index (κ3) is 5.19. The van der Waals surface area contributed by atoms with E-state index in [0.29, 0.717) is 13.1 Å². The van der Waals surface area contributed by atoms with Gasteiger partial charge in [0, 0.05) is 11.4 Å². The first-order valence-corrected chi connectivity index (χ1v) is 8.21. The predicted molar refractivity (Wildman–Crippen MR) is 88.6 cm³/mol. The van der Waals surface area contributed by atoms with Gasteiger partial charge in [-0.15, -0.1) is 11.8 Å². The van der Waals surface area contributed by atoms with Crippen molar-refractivity contribution in [3.05, 3.63) is 54.0 Å². The normalized spacial score (nSPS) is 11.4. The number of hydrogen-bond acceptors (Lipinski definition) is 3. The van der Waals surface area contributed by atoms with Crippen LogP contribution in [-0.4, -0.2) is 18.8 Å². The molecular formula is C16H21N3OS. The Morgan fingerprint density at radius 2 is 2.00 bits per heavy atom. The Bertz CT molecular complexity index is 549. The number of nitrogens with one attached hydrogen (secondary N) is 2. The van der Waals surface area contributed by atoms with Gasteiger partial charge in [0.25, 0.3) is 0 Å². The molecule has 0 atom stereocenters. The fourth-order valence-electron chi connectivity index (χ4n) is 1.83. The largest absolute Gasteiger partial charge is 0.467 e. The van der Waals surface area contributed by atoms with Crippen molar-refractivity contribution >= 4 is 17.7 Å². The van der Waals surface area contributed by atoms with Crippen LogP contribution in [-0.2, 0) is 13.1 Å². The second kappa shape index (κ2) is 8.42. The number of rotatable bonds is 6. The molecule has 21 heavy (non-hydrogen) atoms. The molecule has 112 valence electrons. The van der Waals surface area contributed by atoms with Crippen LogP contribution in [0.15, 0.2) is 57.0 Å². The van der Waals surface area contributed by atoms with Crippen molar-refractivity contribution in [2.24, 2.45) is 4.99 Å². The molecule has 2 aromatic rings. The molecule has 5 heteroatoms. The molecule has 0 aliphatic carbocycles. The van der Waals surface area contributed by atoms with E-state index in [1.807, 2.05) is 12.1 Å². The van der Waals surface area contributed by atoms with Crippen LogP contribution in [0.2, 0.25) is 0 Å². The van der Waals surface area contributed by atoms with Gasteiger partial charge in [-0.25, -0.2) is 4.99 Å². The van der Waals surface area contributed by atoms with Crippen LogP contribution in [0, 0.1) is 0 Å². The Morgan fingerprint density at radius 1 is 1.19 bits per heavy atom. The molecule has 0 spiro atoms. The van der Waals surface area contributed by atoms with Crippen LogP contribution < -0.4 is 10.6 Å². The number of furan rings is 1. The summed E-state index contributed by atoms with van der Waals surface area (Å²) in [6.07, 6.45) is 3.75. The first-order chi connectivity index (χ1) is 10.3. The Labute approximate surface area is 130 Å². The minimum absolute atomic E-state index is 0.629. The van der Waals surface area contributed by atoms with Gasteiger partial charge >= 0.3 is 0 Å². The van der Waals surface area contributed by atoms with Crippen LogP contribution >= 0.6 is 11.8 Å². The average molecular weight is 303 g/mol. The second-order valence-electron chi connectivity index (χ2n) is 4.48. The van der Waals surface area contributed by atoms with E-state index < -0.39 is 0 Å². The summed E-state index contributed by atoms with van der Waals surface area (Å²) < 4.78 is 5.30. The SMILES string of the molecule is CCNC(=NCc1ccc(SC)cc1)NCc1ccco1. The monoisotopic (exact) mass is 303 g/mol. The highest BCUT2D eigenvalue weighted by atomic mass is 32.2. The lowest BCUT2D eigenvalue weighted by molar-refractivity contribution is 0.501. The first-order valence-electron chi connectivity index (χ1n) is 6.99. The molecule has 0 saturated carbocycles. The molecule has 4 nitrogen and oxygen atoms in total. The van der Waals surface area contributed by atoms with Gasteiger partial charge in [0.05, 0.1) is 19.4 Å². The van der Waals surface area contributed by atoms with Crippen molar-refractivity contribution in [3.63, 3.8) is 0 Å². The molecule has 1 heterocycles. The van der Waals surface area contributed by atoms with E-state index in [-0.39, 0.29) is 0 Å². The predicted octanol–water partition coefficient (Wildman–Crippen LogP) is 3.26. The minimum Gasteiger partial charge on any atom is -0.467 e. The van der Waals surface area contributed by atoms with E-state index in [1.165, 1.54) is 10.5 Å². The molecule has 0 radical (unpaired) electrons. The number of benzene rings is 1. The highest BCUT2D eigenvalue weighted by molar-refractivity contribution is 7.98. The van der Waals surface area contributed by atoms with Crippen LogP contribution in [0.5, 0.6) is 0 Å². The van der Waals surface area contributed by atoms with E-state index in [0.717, 1.165) is 18.3 Å². The second-order valence-corrected chi connectivity index (χ2v) is 5.36. The summed E-state index contributed by atoms with van der Waals surface area (Å²) in [5, 5.41) is 6.49. The smallest absolute Gasteiger partial charge is 0.191 e. The fraction of sp³-hybridized carbons (Fsp3) is 0.312. The van der Waals surface area contributed by atoms with E-state index >= 15 is 0 Å². The number of nitrogens with zero attached hydrogens (tertiary/aromatic N) is 1. The molecule has 1 aromatic carbocycles. The van der Waals surface area contributed by atoms with Gasteiger partial charge in [-0.05, 0) is 43.0 Å². The summed E-state index contributed by atoms with van der Waals surface area (Å²) in [7, 11) is 0. The Morgan fingerprint density at radius 3 is 2.62 bits per heavy atom. The maximum Gasteiger partial charge on any atom is 0.191 e. The summed E-state index contributed by atoms with van der Waals surface area (Å²) in [6, 6.07) is 12.3. The molecule has 0 amide bonds. The lowest BCUT2D eigenvalue weighted by Gasteiger charge is -2.10. The van der Waals surface area contributed by atoms with Crippen molar-refractivity contribution in [1.82, 2.24) is 10.6 Å². The minimum atomic E-state index is 0.629. The third-order valence-corrected chi connectivity index (χ3v) is 3.68. The highest BCUT2D eigenvalue weighted by Gasteiger charge is 2.00. The molecule has 1 aromatic heterocycles. The topological polar surface area (TPSA) is 49.6 Å². The molecule has 0 unspecified atom stereocenters. The van der Waals surface area contributed by atoms with Gasteiger partial charge in [-0.2, -0.15) is 0 Å². The number of thioether (sulfide) groups is 1. The zero-order valence-electron chi connectivity index (χ0n) is 12.4. The van der Waals surface area contributed by atoms with E-state index in [1.54, 1.807) is 18.0 Å². The summed E-state index contributed by atoms with van der Waals surface area (Å²) >= 11 is 1.75. The molecule has 0 aliphatic rings. The third-order valence-electron chi connectivity index (χ3n) is 2.93. The quantitative estimate of drug-likeness (QED) is 0.488. The molecule has 0 fully saturated rings. The molecule has 2 rings (SSSR count). The fourth-order valence-corrected chi connectivity index (χ4v) is 2.24. The van der Waals surface area contributed by atoms with Crippen LogP contribution in [0.1, 0.15) is 18.2 Å². The molecule has 0 saturated heterocycles. The number of guanidine groups is 1. The van der Waals surface area contributed by atoms with Crippen molar-refractivity contribution in [3.8, 4) is 0 Å². The van der Waals surface area contributed by atoms with Crippen LogP contribution in [0.3, 0.4) is 0 Å². The molecule has 0 aliphatic heterocycles. The van der Waals surface area contributed by atoms with Crippen molar-refractivity contribution in [2.75, 3.05) is 12.8 Å². The molecule has 0 bridgehead atoms. The number of aliphatic imine (C=N–C) groups is 1.